The van der Waals surface area contributed by atoms with Gasteiger partial charge in [-0.1, -0.05) is 0 Å². The maximum absolute atomic E-state index is 13.0. The van der Waals surface area contributed by atoms with Crippen molar-refractivity contribution in [2.24, 2.45) is 0 Å². The number of ether oxygens (including phenoxy) is 1. The van der Waals surface area contributed by atoms with E-state index < -0.39 is 30.6 Å². The molecule has 1 heterocycles. The number of benzene rings is 2. The number of hydrogen-bond acceptors (Lipinski definition) is 7. The van der Waals surface area contributed by atoms with Crippen LogP contribution in [0.2, 0.25) is 0 Å². The quantitative estimate of drug-likeness (QED) is 0.417. The smallest absolute Gasteiger partial charge is 0.325 e. The zero-order valence-corrected chi connectivity index (χ0v) is 16.9. The Morgan fingerprint density at radius 2 is 1.66 bits per heavy atom. The van der Waals surface area contributed by atoms with Crippen LogP contribution in [0, 0.1) is 5.82 Å². The Labute approximate surface area is 182 Å². The van der Waals surface area contributed by atoms with Crippen molar-refractivity contribution in [1.29, 1.82) is 0 Å². The van der Waals surface area contributed by atoms with E-state index in [2.05, 4.69) is 15.3 Å². The zero-order chi connectivity index (χ0) is 23.3. The second-order valence-electron chi connectivity index (χ2n) is 6.81. The van der Waals surface area contributed by atoms with Gasteiger partial charge in [-0.25, -0.2) is 14.4 Å². The second-order valence-corrected chi connectivity index (χ2v) is 6.81. The van der Waals surface area contributed by atoms with Gasteiger partial charge in [0, 0.05) is 5.56 Å². The molecule has 2 atom stereocenters. The lowest BCUT2D eigenvalue weighted by molar-refractivity contribution is -0.138. The first-order chi connectivity index (χ1) is 15.3. The van der Waals surface area contributed by atoms with Crippen molar-refractivity contribution in [2.45, 2.75) is 19.1 Å². The minimum atomic E-state index is -1.36. The number of carboxylic acids is 1. The first kappa shape index (κ1) is 22.8. The van der Waals surface area contributed by atoms with E-state index in [0.717, 1.165) is 0 Å². The van der Waals surface area contributed by atoms with Crippen LogP contribution in [0.1, 0.15) is 29.2 Å². The molecule has 3 rings (SSSR count). The topological polar surface area (TPSA) is 142 Å². The molecule has 4 N–H and O–H groups in total. The number of aliphatic carboxylic acids is 1. The zero-order valence-electron chi connectivity index (χ0n) is 16.9. The van der Waals surface area contributed by atoms with Gasteiger partial charge in [0.25, 0.3) is 5.91 Å². The Bertz CT molecular complexity index is 1110. The molecule has 1 amide bonds. The van der Waals surface area contributed by atoms with Crippen molar-refractivity contribution < 1.29 is 34.0 Å². The molecule has 0 saturated heterocycles. The lowest BCUT2D eigenvalue weighted by Crippen LogP contribution is -2.38. The Kier molecular flexibility index (Phi) is 7.08. The van der Waals surface area contributed by atoms with Gasteiger partial charge < -0.3 is 25.4 Å². The van der Waals surface area contributed by atoms with Gasteiger partial charge in [0.2, 0.25) is 0 Å². The summed E-state index contributed by atoms with van der Waals surface area (Å²) in [6, 6.07) is 12.0. The van der Waals surface area contributed by atoms with Crippen molar-refractivity contribution in [3.63, 3.8) is 0 Å². The summed E-state index contributed by atoms with van der Waals surface area (Å²) in [7, 11) is 0. The lowest BCUT2D eigenvalue weighted by Gasteiger charge is -2.13. The highest BCUT2D eigenvalue weighted by atomic mass is 19.1. The van der Waals surface area contributed by atoms with Gasteiger partial charge in [-0.15, -0.1) is 0 Å². The standard InChI is InChI=1S/C22H20FN3O6/c1-12(22(30)31)24-21(29)18-10-17(19(28)11-27)25-20(26-18)13-2-6-15(7-3-13)32-16-8-4-14(23)5-9-16/h2-10,12,19,27-28H,11H2,1H3,(H,24,29)(H,30,31)/t12?,19-/m1/s1. The van der Waals surface area contributed by atoms with Gasteiger partial charge in [-0.3, -0.25) is 9.59 Å². The number of nitrogens with zero attached hydrogens (tertiary/aromatic N) is 2. The third-order valence-corrected chi connectivity index (χ3v) is 4.37. The van der Waals surface area contributed by atoms with E-state index in [1.807, 2.05) is 0 Å². The highest BCUT2D eigenvalue weighted by Gasteiger charge is 2.20. The Morgan fingerprint density at radius 1 is 1.06 bits per heavy atom. The van der Waals surface area contributed by atoms with Gasteiger partial charge in [0.1, 0.15) is 35.2 Å². The fourth-order valence-electron chi connectivity index (χ4n) is 2.62. The summed E-state index contributed by atoms with van der Waals surface area (Å²) in [6.45, 7) is 0.666. The highest BCUT2D eigenvalue weighted by Crippen LogP contribution is 2.25. The van der Waals surface area contributed by atoms with E-state index in [4.69, 9.17) is 9.84 Å². The summed E-state index contributed by atoms with van der Waals surface area (Å²) < 4.78 is 18.7. The molecule has 10 heteroatoms. The molecule has 32 heavy (non-hydrogen) atoms. The molecule has 1 aromatic heterocycles. The number of aromatic nitrogens is 2. The van der Waals surface area contributed by atoms with Crippen molar-refractivity contribution in [1.82, 2.24) is 15.3 Å². The van der Waals surface area contributed by atoms with Crippen LogP contribution in [-0.2, 0) is 4.79 Å². The molecule has 1 unspecified atom stereocenters. The van der Waals surface area contributed by atoms with Crippen LogP contribution >= 0.6 is 0 Å². The van der Waals surface area contributed by atoms with Gasteiger partial charge in [-0.05, 0) is 61.5 Å². The maximum atomic E-state index is 13.0. The molecule has 0 saturated carbocycles. The third-order valence-electron chi connectivity index (χ3n) is 4.37. The van der Waals surface area contributed by atoms with Crippen LogP contribution in [-0.4, -0.2) is 49.8 Å². The number of rotatable bonds is 8. The van der Waals surface area contributed by atoms with E-state index in [1.54, 1.807) is 24.3 Å². The molecule has 0 fully saturated rings. The predicted molar refractivity (Wildman–Crippen MR) is 111 cm³/mol. The number of nitrogens with one attached hydrogen (secondary N) is 1. The van der Waals surface area contributed by atoms with Crippen LogP contribution in [0.15, 0.2) is 54.6 Å². The number of amides is 1. The largest absolute Gasteiger partial charge is 0.480 e. The minimum Gasteiger partial charge on any atom is -0.480 e. The van der Waals surface area contributed by atoms with Gasteiger partial charge >= 0.3 is 5.97 Å². The van der Waals surface area contributed by atoms with Crippen molar-refractivity contribution in [2.75, 3.05) is 6.61 Å². The normalized spacial score (nSPS) is 12.6. The van der Waals surface area contributed by atoms with E-state index in [9.17, 15) is 24.2 Å². The van der Waals surface area contributed by atoms with Crippen molar-refractivity contribution in [3.05, 3.63) is 71.8 Å². The molecule has 0 aliphatic rings. The number of hydrogen-bond donors (Lipinski definition) is 4. The SMILES string of the molecule is CC(NC(=O)c1cc([C@H](O)CO)nc(-c2ccc(Oc3ccc(F)cc3)cc2)n1)C(=O)O. The third kappa shape index (κ3) is 5.62. The molecule has 0 radical (unpaired) electrons. The Morgan fingerprint density at radius 3 is 2.22 bits per heavy atom. The summed E-state index contributed by atoms with van der Waals surface area (Å²) in [4.78, 5) is 31.8. The number of halogens is 1. The average molecular weight is 441 g/mol. The molecule has 0 aliphatic heterocycles. The number of carboxylic acid groups (broad SMARTS) is 1. The number of aliphatic hydroxyl groups is 2. The van der Waals surface area contributed by atoms with E-state index in [0.29, 0.717) is 17.1 Å². The summed E-state index contributed by atoms with van der Waals surface area (Å²) in [5.41, 5.74) is 0.304. The van der Waals surface area contributed by atoms with E-state index in [1.165, 1.54) is 37.3 Å². The number of aliphatic hydroxyl groups excluding tert-OH is 2. The average Bonchev–Trinajstić information content (AvgIpc) is 2.80. The molecular formula is C22H20FN3O6. The Hall–Kier alpha value is -3.89. The first-order valence-electron chi connectivity index (χ1n) is 9.52. The first-order valence-corrected chi connectivity index (χ1v) is 9.52. The molecule has 0 aliphatic carbocycles. The molecule has 2 aromatic carbocycles. The molecule has 166 valence electrons. The van der Waals surface area contributed by atoms with Gasteiger partial charge in [-0.2, -0.15) is 0 Å². The van der Waals surface area contributed by atoms with Crippen molar-refractivity contribution >= 4 is 11.9 Å². The van der Waals surface area contributed by atoms with Crippen LogP contribution in [0.4, 0.5) is 4.39 Å². The molecule has 3 aromatic rings. The Balaban J connectivity index is 1.89. The fraction of sp³-hybridized carbons (Fsp3) is 0.182. The lowest BCUT2D eigenvalue weighted by atomic mass is 10.1. The summed E-state index contributed by atoms with van der Waals surface area (Å²) in [6.07, 6.45) is -1.36. The predicted octanol–water partition coefficient (Wildman–Crippen LogP) is 2.30. The molecule has 9 nitrogen and oxygen atoms in total. The summed E-state index contributed by atoms with van der Waals surface area (Å²) in [5, 5.41) is 30.5. The van der Waals surface area contributed by atoms with Crippen LogP contribution < -0.4 is 10.1 Å². The highest BCUT2D eigenvalue weighted by molar-refractivity contribution is 5.95. The minimum absolute atomic E-state index is 0.00253. The monoisotopic (exact) mass is 441 g/mol. The second kappa shape index (κ2) is 9.94. The van der Waals surface area contributed by atoms with Crippen LogP contribution in [0.25, 0.3) is 11.4 Å². The number of carbonyl (C=O) groups excluding carboxylic acids is 1. The fourth-order valence-corrected chi connectivity index (χ4v) is 2.62. The summed E-state index contributed by atoms with van der Waals surface area (Å²) in [5.74, 6) is -1.40. The van der Waals surface area contributed by atoms with Gasteiger partial charge in [0.15, 0.2) is 5.82 Å². The maximum Gasteiger partial charge on any atom is 0.325 e. The molecular weight excluding hydrogens is 421 g/mol. The van der Waals surface area contributed by atoms with Gasteiger partial charge in [0.05, 0.1) is 12.3 Å². The van der Waals surface area contributed by atoms with Crippen LogP contribution in [0.5, 0.6) is 11.5 Å². The van der Waals surface area contributed by atoms with Crippen LogP contribution in [0.3, 0.4) is 0 Å². The van der Waals surface area contributed by atoms with E-state index in [-0.39, 0.29) is 23.0 Å². The molecule has 0 bridgehead atoms. The molecule has 0 spiro atoms. The van der Waals surface area contributed by atoms with Crippen molar-refractivity contribution in [3.8, 4) is 22.9 Å². The van der Waals surface area contributed by atoms with E-state index >= 15 is 0 Å². The number of carbonyl (C=O) groups is 2. The summed E-state index contributed by atoms with van der Waals surface area (Å²) >= 11 is 0.